The van der Waals surface area contributed by atoms with Gasteiger partial charge in [0.15, 0.2) is 0 Å². The van der Waals surface area contributed by atoms with Crippen LogP contribution in [-0.4, -0.2) is 10.1 Å². The Bertz CT molecular complexity index is 781. The summed E-state index contributed by atoms with van der Waals surface area (Å²) in [4.78, 5) is 3.26. The fourth-order valence-electron chi connectivity index (χ4n) is 2.25. The van der Waals surface area contributed by atoms with Crippen molar-refractivity contribution in [3.63, 3.8) is 0 Å². The molecule has 1 heterocycles. The van der Waals surface area contributed by atoms with Gasteiger partial charge in [-0.3, -0.25) is 0 Å². The number of aryl methyl sites for hydroxylation is 1. The van der Waals surface area contributed by atoms with Crippen LogP contribution in [0.5, 0.6) is 11.5 Å². The van der Waals surface area contributed by atoms with E-state index in [-0.39, 0.29) is 5.75 Å². The van der Waals surface area contributed by atoms with Crippen LogP contribution in [0.2, 0.25) is 0 Å². The molecule has 0 radical (unpaired) electrons. The second-order valence-electron chi connectivity index (χ2n) is 5.14. The Kier molecular flexibility index (Phi) is 4.20. The van der Waals surface area contributed by atoms with E-state index in [2.05, 4.69) is 20.9 Å². The molecule has 0 saturated heterocycles. The average molecular weight is 358 g/mol. The smallest absolute Gasteiger partial charge is 0.138 e. The Labute approximate surface area is 137 Å². The van der Waals surface area contributed by atoms with Gasteiger partial charge in [0.25, 0.3) is 0 Å². The number of aromatic amines is 1. The lowest BCUT2D eigenvalue weighted by molar-refractivity contribution is 0.302. The summed E-state index contributed by atoms with van der Waals surface area (Å²) in [6, 6.07) is 17.5. The van der Waals surface area contributed by atoms with E-state index in [1.807, 2.05) is 55.5 Å². The quantitative estimate of drug-likeness (QED) is 0.687. The Morgan fingerprint density at radius 1 is 1.09 bits per heavy atom. The maximum Gasteiger partial charge on any atom is 0.138 e. The van der Waals surface area contributed by atoms with E-state index in [9.17, 15) is 5.11 Å². The summed E-state index contributed by atoms with van der Waals surface area (Å²) in [5, 5.41) is 10.1. The van der Waals surface area contributed by atoms with E-state index < -0.39 is 0 Å². The van der Waals surface area contributed by atoms with Gasteiger partial charge in [0, 0.05) is 17.0 Å². The minimum atomic E-state index is 0.160. The molecule has 0 spiro atoms. The SMILES string of the molecule is Cc1ccc(-c2cc(O)c(Br)c(OCc3ccccc3)c2)[nH]1. The molecule has 0 atom stereocenters. The van der Waals surface area contributed by atoms with Crippen LogP contribution in [0.3, 0.4) is 0 Å². The van der Waals surface area contributed by atoms with E-state index in [4.69, 9.17) is 4.74 Å². The first-order valence-corrected chi connectivity index (χ1v) is 7.78. The van der Waals surface area contributed by atoms with Gasteiger partial charge >= 0.3 is 0 Å². The monoisotopic (exact) mass is 357 g/mol. The van der Waals surface area contributed by atoms with Gasteiger partial charge in [0.1, 0.15) is 22.6 Å². The number of ether oxygens (including phenoxy) is 1. The van der Waals surface area contributed by atoms with Gasteiger partial charge in [-0.2, -0.15) is 0 Å². The topological polar surface area (TPSA) is 45.2 Å². The Morgan fingerprint density at radius 2 is 1.86 bits per heavy atom. The van der Waals surface area contributed by atoms with Gasteiger partial charge < -0.3 is 14.8 Å². The minimum Gasteiger partial charge on any atom is -0.507 e. The minimum absolute atomic E-state index is 0.160. The average Bonchev–Trinajstić information content (AvgIpc) is 2.96. The van der Waals surface area contributed by atoms with Crippen molar-refractivity contribution in [2.75, 3.05) is 0 Å². The fourth-order valence-corrected chi connectivity index (χ4v) is 2.59. The molecule has 3 rings (SSSR count). The zero-order valence-electron chi connectivity index (χ0n) is 12.1. The summed E-state index contributed by atoms with van der Waals surface area (Å²) in [5.41, 5.74) is 3.99. The van der Waals surface area contributed by atoms with Gasteiger partial charge in [-0.1, -0.05) is 30.3 Å². The van der Waals surface area contributed by atoms with Crippen LogP contribution < -0.4 is 4.74 Å². The van der Waals surface area contributed by atoms with Gasteiger partial charge in [-0.25, -0.2) is 0 Å². The van der Waals surface area contributed by atoms with E-state index in [0.717, 1.165) is 22.5 Å². The number of aromatic nitrogens is 1. The van der Waals surface area contributed by atoms with Crippen LogP contribution in [-0.2, 0) is 6.61 Å². The largest absolute Gasteiger partial charge is 0.507 e. The van der Waals surface area contributed by atoms with Gasteiger partial charge in [-0.05, 0) is 52.7 Å². The molecule has 0 aliphatic rings. The number of rotatable bonds is 4. The Morgan fingerprint density at radius 3 is 2.55 bits per heavy atom. The first kappa shape index (κ1) is 14.7. The first-order chi connectivity index (χ1) is 10.6. The molecule has 2 aromatic carbocycles. The van der Waals surface area contributed by atoms with E-state index >= 15 is 0 Å². The molecular formula is C18H16BrNO2. The molecule has 1 aromatic heterocycles. The highest BCUT2D eigenvalue weighted by Crippen LogP contribution is 2.38. The van der Waals surface area contributed by atoms with Crippen molar-refractivity contribution in [3.05, 3.63) is 70.3 Å². The van der Waals surface area contributed by atoms with Crippen molar-refractivity contribution >= 4 is 15.9 Å². The van der Waals surface area contributed by atoms with Crippen molar-refractivity contribution in [1.82, 2.24) is 4.98 Å². The molecule has 2 N–H and O–H groups in total. The van der Waals surface area contributed by atoms with Crippen molar-refractivity contribution in [1.29, 1.82) is 0 Å². The number of benzene rings is 2. The summed E-state index contributed by atoms with van der Waals surface area (Å²) in [6.45, 7) is 2.45. The highest BCUT2D eigenvalue weighted by atomic mass is 79.9. The summed E-state index contributed by atoms with van der Waals surface area (Å²) in [5.74, 6) is 0.777. The lowest BCUT2D eigenvalue weighted by Gasteiger charge is -2.11. The maximum atomic E-state index is 10.1. The van der Waals surface area contributed by atoms with Crippen LogP contribution in [0.4, 0.5) is 0 Å². The highest BCUT2D eigenvalue weighted by Gasteiger charge is 2.11. The predicted molar refractivity (Wildman–Crippen MR) is 91.1 cm³/mol. The molecule has 0 aliphatic heterocycles. The third-order valence-electron chi connectivity index (χ3n) is 3.40. The number of aromatic hydroxyl groups is 1. The highest BCUT2D eigenvalue weighted by molar-refractivity contribution is 9.10. The Balaban J connectivity index is 1.88. The number of phenolic OH excluding ortho intramolecular Hbond substituents is 1. The molecule has 3 nitrogen and oxygen atoms in total. The second kappa shape index (κ2) is 6.28. The molecule has 0 saturated carbocycles. The zero-order chi connectivity index (χ0) is 15.5. The third-order valence-corrected chi connectivity index (χ3v) is 4.20. The molecule has 22 heavy (non-hydrogen) atoms. The molecule has 112 valence electrons. The number of nitrogens with one attached hydrogen (secondary N) is 1. The third kappa shape index (κ3) is 3.17. The zero-order valence-corrected chi connectivity index (χ0v) is 13.7. The van der Waals surface area contributed by atoms with Crippen molar-refractivity contribution < 1.29 is 9.84 Å². The van der Waals surface area contributed by atoms with E-state index in [1.54, 1.807) is 6.07 Å². The van der Waals surface area contributed by atoms with Crippen LogP contribution in [0, 0.1) is 6.92 Å². The second-order valence-corrected chi connectivity index (χ2v) is 5.93. The van der Waals surface area contributed by atoms with Crippen molar-refractivity contribution in [2.45, 2.75) is 13.5 Å². The van der Waals surface area contributed by atoms with E-state index in [1.165, 1.54) is 0 Å². The van der Waals surface area contributed by atoms with Crippen molar-refractivity contribution in [2.24, 2.45) is 0 Å². The maximum absolute atomic E-state index is 10.1. The lowest BCUT2D eigenvalue weighted by Crippen LogP contribution is -1.96. The number of H-pyrrole nitrogens is 1. The number of halogens is 1. The van der Waals surface area contributed by atoms with Gasteiger partial charge in [0.05, 0.1) is 0 Å². The summed E-state index contributed by atoms with van der Waals surface area (Å²) < 4.78 is 6.42. The summed E-state index contributed by atoms with van der Waals surface area (Å²) in [6.07, 6.45) is 0. The van der Waals surface area contributed by atoms with Crippen LogP contribution in [0.25, 0.3) is 11.3 Å². The number of hydrogen-bond acceptors (Lipinski definition) is 2. The van der Waals surface area contributed by atoms with Crippen LogP contribution >= 0.6 is 15.9 Å². The molecule has 4 heteroatoms. The fraction of sp³-hybridized carbons (Fsp3) is 0.111. The Hall–Kier alpha value is -2.20. The van der Waals surface area contributed by atoms with Crippen molar-refractivity contribution in [3.8, 4) is 22.8 Å². The predicted octanol–water partition coefficient (Wildman–Crippen LogP) is 5.04. The van der Waals surface area contributed by atoms with Gasteiger partial charge in [-0.15, -0.1) is 0 Å². The molecular weight excluding hydrogens is 342 g/mol. The molecule has 0 amide bonds. The van der Waals surface area contributed by atoms with E-state index in [0.29, 0.717) is 16.8 Å². The number of phenols is 1. The molecule has 0 fully saturated rings. The summed E-state index contributed by atoms with van der Waals surface area (Å²) in [7, 11) is 0. The molecule has 3 aromatic rings. The van der Waals surface area contributed by atoms with Crippen LogP contribution in [0.15, 0.2) is 59.1 Å². The lowest BCUT2D eigenvalue weighted by atomic mass is 10.1. The molecule has 0 unspecified atom stereocenters. The normalized spacial score (nSPS) is 10.6. The number of hydrogen-bond donors (Lipinski definition) is 2. The van der Waals surface area contributed by atoms with Crippen LogP contribution in [0.1, 0.15) is 11.3 Å². The van der Waals surface area contributed by atoms with Gasteiger partial charge in [0.2, 0.25) is 0 Å². The summed E-state index contributed by atoms with van der Waals surface area (Å²) >= 11 is 3.38. The first-order valence-electron chi connectivity index (χ1n) is 6.99. The molecule has 0 bridgehead atoms. The standard InChI is InChI=1S/C18H16BrNO2/c1-12-7-8-15(20-12)14-9-16(21)18(19)17(10-14)22-11-13-5-3-2-4-6-13/h2-10,20-21H,11H2,1H3. The molecule has 0 aliphatic carbocycles.